The molecule has 1 atom stereocenters. The van der Waals surface area contributed by atoms with Crippen molar-refractivity contribution in [3.05, 3.63) is 33.9 Å². The van der Waals surface area contributed by atoms with Gasteiger partial charge in [-0.05, 0) is 38.6 Å². The monoisotopic (exact) mass is 293 g/mol. The lowest BCUT2D eigenvalue weighted by molar-refractivity contribution is -0.384. The van der Waals surface area contributed by atoms with Gasteiger partial charge in [0.15, 0.2) is 0 Å². The molecule has 1 aromatic rings. The Labute approximate surface area is 122 Å². The van der Waals surface area contributed by atoms with Crippen LogP contribution in [0.2, 0.25) is 0 Å². The predicted molar refractivity (Wildman–Crippen MR) is 79.0 cm³/mol. The molecular weight excluding hydrogens is 274 g/mol. The van der Waals surface area contributed by atoms with Gasteiger partial charge >= 0.3 is 5.97 Å². The van der Waals surface area contributed by atoms with Gasteiger partial charge in [-0.3, -0.25) is 10.1 Å². The zero-order valence-corrected chi connectivity index (χ0v) is 12.2. The summed E-state index contributed by atoms with van der Waals surface area (Å²) >= 11 is 0. The van der Waals surface area contributed by atoms with Crippen LogP contribution in [-0.2, 0) is 0 Å². The number of carbonyl (C=O) groups is 1. The topological polar surface area (TPSA) is 86.9 Å². The van der Waals surface area contributed by atoms with Gasteiger partial charge in [0.2, 0.25) is 0 Å². The molecule has 0 spiro atoms. The Balaban J connectivity index is 2.25. The first-order chi connectivity index (χ1) is 9.90. The molecule has 1 aromatic carbocycles. The minimum absolute atomic E-state index is 0.0724. The third kappa shape index (κ3) is 3.30. The number of aromatic carboxylic acids is 1. The lowest BCUT2D eigenvalue weighted by atomic mass is 10.1. The molecule has 7 nitrogen and oxygen atoms in total. The van der Waals surface area contributed by atoms with Crippen LogP contribution in [-0.4, -0.2) is 54.1 Å². The highest BCUT2D eigenvalue weighted by molar-refractivity contribution is 5.89. The van der Waals surface area contributed by atoms with E-state index in [1.807, 2.05) is 11.9 Å². The van der Waals surface area contributed by atoms with Crippen molar-refractivity contribution in [2.75, 3.05) is 32.1 Å². The van der Waals surface area contributed by atoms with Crippen LogP contribution in [0.5, 0.6) is 0 Å². The molecule has 7 heteroatoms. The first kappa shape index (κ1) is 15.2. The van der Waals surface area contributed by atoms with Crippen molar-refractivity contribution < 1.29 is 14.8 Å². The van der Waals surface area contributed by atoms with Crippen molar-refractivity contribution in [3.63, 3.8) is 0 Å². The first-order valence-corrected chi connectivity index (χ1v) is 6.83. The van der Waals surface area contributed by atoms with Crippen molar-refractivity contribution in [1.82, 2.24) is 4.90 Å². The molecule has 0 aromatic heterocycles. The van der Waals surface area contributed by atoms with Gasteiger partial charge in [0, 0.05) is 25.7 Å². The summed E-state index contributed by atoms with van der Waals surface area (Å²) in [4.78, 5) is 25.7. The molecule has 0 saturated carbocycles. The summed E-state index contributed by atoms with van der Waals surface area (Å²) in [7, 11) is 3.85. The minimum Gasteiger partial charge on any atom is -0.478 e. The number of benzene rings is 1. The molecule has 1 saturated heterocycles. The van der Waals surface area contributed by atoms with Crippen LogP contribution in [0.15, 0.2) is 18.2 Å². The maximum Gasteiger partial charge on any atom is 0.335 e. The van der Waals surface area contributed by atoms with Crippen molar-refractivity contribution in [3.8, 4) is 0 Å². The maximum absolute atomic E-state index is 11.2. The number of anilines is 1. The van der Waals surface area contributed by atoms with Crippen LogP contribution >= 0.6 is 0 Å². The molecule has 21 heavy (non-hydrogen) atoms. The average molecular weight is 293 g/mol. The summed E-state index contributed by atoms with van der Waals surface area (Å²) in [5.74, 6) is -1.16. The molecule has 1 N–H and O–H groups in total. The summed E-state index contributed by atoms with van der Waals surface area (Å²) in [6.45, 7) is 1.72. The molecule has 1 heterocycles. The van der Waals surface area contributed by atoms with E-state index in [9.17, 15) is 14.9 Å². The Morgan fingerprint density at radius 2 is 2.29 bits per heavy atom. The Kier molecular flexibility index (Phi) is 4.42. The van der Waals surface area contributed by atoms with Gasteiger partial charge < -0.3 is 14.9 Å². The number of nitro benzene ring substituents is 1. The fourth-order valence-electron chi connectivity index (χ4n) is 2.75. The molecular formula is C14H19N3O4. The molecule has 1 unspecified atom stereocenters. The van der Waals surface area contributed by atoms with E-state index in [1.165, 1.54) is 12.1 Å². The fourth-order valence-corrected chi connectivity index (χ4v) is 2.75. The second-order valence-electron chi connectivity index (χ2n) is 5.42. The Hall–Kier alpha value is -2.15. The van der Waals surface area contributed by atoms with Gasteiger partial charge in [-0.1, -0.05) is 0 Å². The van der Waals surface area contributed by atoms with Crippen LogP contribution in [0.1, 0.15) is 23.2 Å². The van der Waals surface area contributed by atoms with Crippen molar-refractivity contribution >= 4 is 17.3 Å². The van der Waals surface area contributed by atoms with E-state index in [4.69, 9.17) is 5.11 Å². The van der Waals surface area contributed by atoms with E-state index >= 15 is 0 Å². The molecule has 1 aliphatic rings. The number of likely N-dealkylation sites (tertiary alicyclic amines) is 1. The van der Waals surface area contributed by atoms with Crippen LogP contribution in [0, 0.1) is 10.1 Å². The molecule has 1 fully saturated rings. The second kappa shape index (κ2) is 6.09. The number of likely N-dealkylation sites (N-methyl/N-ethyl adjacent to an activating group) is 2. The first-order valence-electron chi connectivity index (χ1n) is 6.83. The third-order valence-electron chi connectivity index (χ3n) is 3.99. The molecule has 0 radical (unpaired) electrons. The van der Waals surface area contributed by atoms with Crippen molar-refractivity contribution in [2.24, 2.45) is 0 Å². The highest BCUT2D eigenvalue weighted by Gasteiger charge is 2.25. The summed E-state index contributed by atoms with van der Waals surface area (Å²) in [5, 5.41) is 20.1. The van der Waals surface area contributed by atoms with Gasteiger partial charge in [-0.25, -0.2) is 4.79 Å². The van der Waals surface area contributed by atoms with Gasteiger partial charge in [0.05, 0.1) is 10.5 Å². The Morgan fingerprint density at radius 1 is 1.57 bits per heavy atom. The van der Waals surface area contributed by atoms with Crippen molar-refractivity contribution in [1.29, 1.82) is 0 Å². The quantitative estimate of drug-likeness (QED) is 0.658. The number of rotatable bonds is 5. The molecule has 0 bridgehead atoms. The second-order valence-corrected chi connectivity index (χ2v) is 5.42. The largest absolute Gasteiger partial charge is 0.478 e. The number of hydrogen-bond donors (Lipinski definition) is 1. The molecule has 114 valence electrons. The van der Waals surface area contributed by atoms with Gasteiger partial charge in [0.1, 0.15) is 5.69 Å². The summed E-state index contributed by atoms with van der Waals surface area (Å²) in [5.41, 5.74) is 0.209. The average Bonchev–Trinajstić information content (AvgIpc) is 2.83. The van der Waals surface area contributed by atoms with Crippen molar-refractivity contribution in [2.45, 2.75) is 18.9 Å². The van der Waals surface area contributed by atoms with E-state index < -0.39 is 10.9 Å². The smallest absolute Gasteiger partial charge is 0.335 e. The number of carboxylic acids is 1. The third-order valence-corrected chi connectivity index (χ3v) is 3.99. The van der Waals surface area contributed by atoms with Crippen LogP contribution in [0.3, 0.4) is 0 Å². The van der Waals surface area contributed by atoms with Crippen LogP contribution in [0.25, 0.3) is 0 Å². The number of carboxylic acid groups (broad SMARTS) is 1. The SMILES string of the molecule is CN(CC1CCCN1C)c1ccc(C(=O)O)cc1[N+](=O)[O-]. The maximum atomic E-state index is 11.2. The Bertz CT molecular complexity index is 561. The fraction of sp³-hybridized carbons (Fsp3) is 0.500. The lowest BCUT2D eigenvalue weighted by Gasteiger charge is -2.27. The highest BCUT2D eigenvalue weighted by Crippen LogP contribution is 2.29. The molecule has 0 aliphatic carbocycles. The van der Waals surface area contributed by atoms with Gasteiger partial charge in [-0.15, -0.1) is 0 Å². The summed E-state index contributed by atoms with van der Waals surface area (Å²) in [6.07, 6.45) is 2.21. The number of hydrogen-bond acceptors (Lipinski definition) is 5. The summed E-state index contributed by atoms with van der Waals surface area (Å²) < 4.78 is 0. The normalized spacial score (nSPS) is 18.7. The standard InChI is InChI=1S/C14H19N3O4/c1-15-7-3-4-11(15)9-16(2)12-6-5-10(14(18)19)8-13(12)17(20)21/h5-6,8,11H,3-4,7,9H2,1-2H3,(H,18,19). The Morgan fingerprint density at radius 3 is 2.81 bits per heavy atom. The lowest BCUT2D eigenvalue weighted by Crippen LogP contribution is -2.36. The van der Waals surface area contributed by atoms with Gasteiger partial charge in [-0.2, -0.15) is 0 Å². The zero-order valence-electron chi connectivity index (χ0n) is 12.2. The van der Waals surface area contributed by atoms with E-state index in [0.29, 0.717) is 18.3 Å². The molecule has 0 amide bonds. The van der Waals surface area contributed by atoms with Gasteiger partial charge in [0.25, 0.3) is 5.69 Å². The van der Waals surface area contributed by atoms with Crippen LogP contribution < -0.4 is 4.90 Å². The predicted octanol–water partition coefficient (Wildman–Crippen LogP) is 1.82. The van der Waals surface area contributed by atoms with E-state index in [2.05, 4.69) is 4.90 Å². The van der Waals surface area contributed by atoms with E-state index in [0.717, 1.165) is 25.5 Å². The van der Waals surface area contributed by atoms with Crippen LogP contribution in [0.4, 0.5) is 11.4 Å². The number of nitro groups is 1. The highest BCUT2D eigenvalue weighted by atomic mass is 16.6. The zero-order chi connectivity index (χ0) is 15.6. The van der Waals surface area contributed by atoms with E-state index in [1.54, 1.807) is 7.05 Å². The number of nitrogens with zero attached hydrogens (tertiary/aromatic N) is 3. The summed E-state index contributed by atoms with van der Waals surface area (Å²) in [6, 6.07) is 4.40. The minimum atomic E-state index is -1.16. The molecule has 2 rings (SSSR count). The molecule has 1 aliphatic heterocycles. The van der Waals surface area contributed by atoms with E-state index in [-0.39, 0.29) is 11.3 Å².